The van der Waals surface area contributed by atoms with Gasteiger partial charge >= 0.3 is 18.1 Å². The molecule has 0 saturated heterocycles. The van der Waals surface area contributed by atoms with Crippen molar-refractivity contribution in [2.75, 3.05) is 19.0 Å². The molecule has 0 fully saturated rings. The van der Waals surface area contributed by atoms with E-state index in [1.165, 1.54) is 31.5 Å². The molecule has 1 unspecified atom stereocenters. The fourth-order valence-corrected chi connectivity index (χ4v) is 2.63. The molecule has 0 aliphatic rings. The summed E-state index contributed by atoms with van der Waals surface area (Å²) in [5.74, 6) is -5.74. The van der Waals surface area contributed by atoms with Crippen LogP contribution in [0.1, 0.15) is 30.1 Å². The maximum absolute atomic E-state index is 13.0. The van der Waals surface area contributed by atoms with Crippen LogP contribution in [-0.4, -0.2) is 58.8 Å². The molecule has 2 rings (SSSR count). The van der Waals surface area contributed by atoms with E-state index in [2.05, 4.69) is 10.3 Å². The number of carboxylic acid groups (broad SMARTS) is 2. The lowest BCUT2D eigenvalue weighted by Gasteiger charge is -2.19. The number of nitrogens with zero attached hydrogens (tertiary/aromatic N) is 1. The van der Waals surface area contributed by atoms with Crippen molar-refractivity contribution < 1.29 is 42.5 Å². The highest BCUT2D eigenvalue weighted by Crippen LogP contribution is 2.37. The highest BCUT2D eigenvalue weighted by atomic mass is 19.4. The first-order valence-electron chi connectivity index (χ1n) is 8.94. The van der Waals surface area contributed by atoms with Gasteiger partial charge in [0.25, 0.3) is 5.78 Å². The zero-order valence-corrected chi connectivity index (χ0v) is 16.7. The summed E-state index contributed by atoms with van der Waals surface area (Å²) in [5, 5.41) is 18.1. The number of carboxylic acids is 2. The molecule has 1 aromatic carbocycles. The average Bonchev–Trinajstić information content (AvgIpc) is 2.71. The van der Waals surface area contributed by atoms with Crippen LogP contribution in [0.5, 0.6) is 5.75 Å². The van der Waals surface area contributed by atoms with Gasteiger partial charge in [-0.2, -0.15) is 13.2 Å². The minimum Gasteiger partial charge on any atom is -0.496 e. The summed E-state index contributed by atoms with van der Waals surface area (Å²) in [4.78, 5) is 34.2. The molecule has 0 amide bonds. The zero-order chi connectivity index (χ0) is 23.8. The number of nitrogens with two attached hydrogens (primary N) is 1. The standard InChI is InChI=1S/C17H20F3N3O2.C2H2O4/c1-10(5-3-7-21)23-12-9-13(25-2)14(16(24)17(18,19)20)11-6-4-8-22-15(11)12;3-1(4)2(5)6/h4,6,8-10,23H,3,5,7,21H2,1-2H3;(H,3,4)(H,5,6). The number of pyridine rings is 1. The Bertz CT molecular complexity index is 937. The molecule has 0 spiro atoms. The van der Waals surface area contributed by atoms with Crippen LogP contribution in [0.25, 0.3) is 10.9 Å². The van der Waals surface area contributed by atoms with Crippen LogP contribution in [-0.2, 0) is 9.59 Å². The van der Waals surface area contributed by atoms with Gasteiger partial charge in [0.15, 0.2) is 0 Å². The fourth-order valence-electron chi connectivity index (χ4n) is 2.63. The van der Waals surface area contributed by atoms with Crippen LogP contribution >= 0.6 is 0 Å². The number of Topliss-reactive ketones (excluding diaryl/α,β-unsaturated/α-hetero) is 1. The maximum Gasteiger partial charge on any atom is 0.455 e. The fraction of sp³-hybridized carbons (Fsp3) is 0.368. The number of hydrogen-bond donors (Lipinski definition) is 4. The largest absolute Gasteiger partial charge is 0.496 e. The summed E-state index contributed by atoms with van der Waals surface area (Å²) in [6, 6.07) is 4.33. The van der Waals surface area contributed by atoms with E-state index in [0.29, 0.717) is 12.2 Å². The number of aliphatic carboxylic acids is 2. The lowest BCUT2D eigenvalue weighted by atomic mass is 10.0. The van der Waals surface area contributed by atoms with Gasteiger partial charge in [0.05, 0.1) is 23.9 Å². The molecule has 0 saturated carbocycles. The van der Waals surface area contributed by atoms with E-state index in [9.17, 15) is 18.0 Å². The Balaban J connectivity index is 0.000000703. The molecular formula is C19H22F3N3O6. The first kappa shape index (κ1) is 25.6. The quantitative estimate of drug-likeness (QED) is 0.372. The molecule has 0 aliphatic carbocycles. The van der Waals surface area contributed by atoms with Crippen molar-refractivity contribution in [2.24, 2.45) is 5.73 Å². The number of ketones is 1. The van der Waals surface area contributed by atoms with Crippen molar-refractivity contribution in [2.45, 2.75) is 32.0 Å². The number of benzene rings is 1. The second-order valence-corrected chi connectivity index (χ2v) is 6.31. The second kappa shape index (κ2) is 11.1. The topological polar surface area (TPSA) is 152 Å². The zero-order valence-electron chi connectivity index (χ0n) is 16.7. The van der Waals surface area contributed by atoms with Gasteiger partial charge in [-0.3, -0.25) is 9.78 Å². The first-order valence-corrected chi connectivity index (χ1v) is 8.94. The number of nitrogens with one attached hydrogen (secondary N) is 1. The van der Waals surface area contributed by atoms with Gasteiger partial charge < -0.3 is 26.0 Å². The lowest BCUT2D eigenvalue weighted by Crippen LogP contribution is -2.24. The Morgan fingerprint density at radius 3 is 2.35 bits per heavy atom. The molecule has 12 heteroatoms. The summed E-state index contributed by atoms with van der Waals surface area (Å²) in [6.07, 6.45) is -1.94. The van der Waals surface area contributed by atoms with Crippen molar-refractivity contribution >= 4 is 34.3 Å². The minimum absolute atomic E-state index is 0.0302. The Morgan fingerprint density at radius 2 is 1.87 bits per heavy atom. The normalized spacial score (nSPS) is 11.8. The number of rotatable bonds is 7. The third-order valence-electron chi connectivity index (χ3n) is 3.98. The Kier molecular flexibility index (Phi) is 9.18. The molecular weight excluding hydrogens is 423 g/mol. The number of aromatic nitrogens is 1. The predicted molar refractivity (Wildman–Crippen MR) is 105 cm³/mol. The summed E-state index contributed by atoms with van der Waals surface area (Å²) in [5.41, 5.74) is 5.76. The van der Waals surface area contributed by atoms with Crippen molar-refractivity contribution in [1.82, 2.24) is 4.98 Å². The predicted octanol–water partition coefficient (Wildman–Crippen LogP) is 2.68. The third kappa shape index (κ3) is 7.10. The van der Waals surface area contributed by atoms with Crippen LogP contribution in [0.4, 0.5) is 18.9 Å². The first-order chi connectivity index (χ1) is 14.4. The van der Waals surface area contributed by atoms with Gasteiger partial charge in [-0.25, -0.2) is 9.59 Å². The second-order valence-electron chi connectivity index (χ2n) is 6.31. The molecule has 1 aromatic heterocycles. The number of fused-ring (bicyclic) bond motifs is 1. The number of anilines is 1. The highest BCUT2D eigenvalue weighted by Gasteiger charge is 2.42. The van der Waals surface area contributed by atoms with Crippen molar-refractivity contribution in [3.63, 3.8) is 0 Å². The molecule has 0 bridgehead atoms. The molecule has 1 heterocycles. The molecule has 0 aliphatic heterocycles. The van der Waals surface area contributed by atoms with Crippen molar-refractivity contribution in [3.8, 4) is 5.75 Å². The number of ether oxygens (including phenoxy) is 1. The van der Waals surface area contributed by atoms with Crippen LogP contribution in [0.3, 0.4) is 0 Å². The van der Waals surface area contributed by atoms with E-state index in [0.717, 1.165) is 12.8 Å². The van der Waals surface area contributed by atoms with Gasteiger partial charge in [0.1, 0.15) is 5.75 Å². The number of carbonyl (C=O) groups excluding carboxylic acids is 1. The molecule has 170 valence electrons. The molecule has 5 N–H and O–H groups in total. The number of hydrogen-bond acceptors (Lipinski definition) is 7. The minimum atomic E-state index is -5.00. The third-order valence-corrected chi connectivity index (χ3v) is 3.98. The van der Waals surface area contributed by atoms with E-state index in [1.807, 2.05) is 6.92 Å². The van der Waals surface area contributed by atoms with E-state index in [1.54, 1.807) is 0 Å². The van der Waals surface area contributed by atoms with Crippen LogP contribution in [0, 0.1) is 0 Å². The monoisotopic (exact) mass is 445 g/mol. The van der Waals surface area contributed by atoms with E-state index in [4.69, 9.17) is 30.3 Å². The van der Waals surface area contributed by atoms with E-state index < -0.39 is 29.5 Å². The summed E-state index contributed by atoms with van der Waals surface area (Å²) >= 11 is 0. The number of carbonyl (C=O) groups is 3. The molecule has 1 atom stereocenters. The number of halogens is 3. The van der Waals surface area contributed by atoms with Gasteiger partial charge in [0.2, 0.25) is 0 Å². The highest BCUT2D eigenvalue weighted by molar-refractivity contribution is 6.27. The maximum atomic E-state index is 13.0. The smallest absolute Gasteiger partial charge is 0.455 e. The molecule has 2 aromatic rings. The molecule has 31 heavy (non-hydrogen) atoms. The van der Waals surface area contributed by atoms with Crippen LogP contribution in [0.2, 0.25) is 0 Å². The lowest BCUT2D eigenvalue weighted by molar-refractivity contribution is -0.159. The van der Waals surface area contributed by atoms with Gasteiger partial charge in [-0.05, 0) is 32.4 Å². The van der Waals surface area contributed by atoms with Crippen LogP contribution in [0.15, 0.2) is 24.4 Å². The Hall–Kier alpha value is -3.41. The average molecular weight is 445 g/mol. The molecule has 0 radical (unpaired) electrons. The van der Waals surface area contributed by atoms with Crippen molar-refractivity contribution in [3.05, 3.63) is 30.0 Å². The number of methoxy groups -OCH3 is 1. The summed E-state index contributed by atoms with van der Waals surface area (Å²) in [6.45, 7) is 2.49. The Labute approximate surface area is 175 Å². The Morgan fingerprint density at radius 1 is 1.26 bits per heavy atom. The van der Waals surface area contributed by atoms with Gasteiger partial charge in [0, 0.05) is 23.7 Å². The number of alkyl halides is 3. The van der Waals surface area contributed by atoms with E-state index in [-0.39, 0.29) is 22.7 Å². The molecule has 9 nitrogen and oxygen atoms in total. The SMILES string of the molecule is COc1cc(NC(C)CCCN)c2ncccc2c1C(=O)C(F)(F)F.O=C(O)C(=O)O. The van der Waals surface area contributed by atoms with Gasteiger partial charge in [-0.1, -0.05) is 6.07 Å². The van der Waals surface area contributed by atoms with Crippen LogP contribution < -0.4 is 15.8 Å². The van der Waals surface area contributed by atoms with Crippen molar-refractivity contribution in [1.29, 1.82) is 0 Å². The van der Waals surface area contributed by atoms with E-state index >= 15 is 0 Å². The summed E-state index contributed by atoms with van der Waals surface area (Å²) in [7, 11) is 1.23. The summed E-state index contributed by atoms with van der Waals surface area (Å²) < 4.78 is 44.0. The van der Waals surface area contributed by atoms with Gasteiger partial charge in [-0.15, -0.1) is 0 Å².